The molecule has 1 aliphatic heterocycles. The van der Waals surface area contributed by atoms with E-state index in [1.54, 1.807) is 13.0 Å². The number of amides is 2. The Morgan fingerprint density at radius 3 is 2.63 bits per heavy atom. The highest BCUT2D eigenvalue weighted by molar-refractivity contribution is 6.03. The summed E-state index contributed by atoms with van der Waals surface area (Å²) in [6.07, 6.45) is 0.230. The molecule has 0 fully saturated rings. The van der Waals surface area contributed by atoms with E-state index in [1.807, 2.05) is 43.4 Å². The highest BCUT2D eigenvalue weighted by Crippen LogP contribution is 2.33. The Bertz CT molecular complexity index is 794. The Morgan fingerprint density at radius 1 is 1.15 bits per heavy atom. The third-order valence-electron chi connectivity index (χ3n) is 4.56. The third-order valence-corrected chi connectivity index (χ3v) is 4.56. The monoisotopic (exact) mass is 367 g/mol. The molecule has 1 aliphatic rings. The number of nitrogens with one attached hydrogen (secondary N) is 1. The van der Waals surface area contributed by atoms with Crippen LogP contribution >= 0.6 is 0 Å². The second-order valence-electron chi connectivity index (χ2n) is 6.61. The van der Waals surface area contributed by atoms with Crippen LogP contribution in [0.5, 0.6) is 5.75 Å². The Morgan fingerprint density at radius 2 is 1.85 bits per heavy atom. The first-order chi connectivity index (χ1) is 13.1. The summed E-state index contributed by atoms with van der Waals surface area (Å²) in [6, 6.07) is 17.4. The predicted molar refractivity (Wildman–Crippen MR) is 106 cm³/mol. The van der Waals surface area contributed by atoms with Gasteiger partial charge in [0.25, 0.3) is 5.91 Å². The lowest BCUT2D eigenvalue weighted by Crippen LogP contribution is -2.49. The summed E-state index contributed by atoms with van der Waals surface area (Å²) in [5.74, 6) is 0.254. The van der Waals surface area contributed by atoms with Crippen molar-refractivity contribution in [2.75, 3.05) is 36.5 Å². The minimum Gasteiger partial charge on any atom is -0.479 e. The Balaban J connectivity index is 1.49. The van der Waals surface area contributed by atoms with Gasteiger partial charge in [-0.3, -0.25) is 14.5 Å². The van der Waals surface area contributed by atoms with Crippen molar-refractivity contribution >= 4 is 23.2 Å². The Kier molecular flexibility index (Phi) is 5.96. The van der Waals surface area contributed by atoms with Crippen molar-refractivity contribution in [2.45, 2.75) is 19.4 Å². The topological polar surface area (TPSA) is 61.9 Å². The van der Waals surface area contributed by atoms with Crippen LogP contribution in [0.1, 0.15) is 13.3 Å². The van der Waals surface area contributed by atoms with Gasteiger partial charge in [-0.1, -0.05) is 30.3 Å². The molecule has 2 aromatic rings. The van der Waals surface area contributed by atoms with Gasteiger partial charge in [-0.15, -0.1) is 0 Å². The van der Waals surface area contributed by atoms with Crippen molar-refractivity contribution in [3.05, 3.63) is 54.6 Å². The number of carbonyl (C=O) groups is 2. The summed E-state index contributed by atoms with van der Waals surface area (Å²) in [7, 11) is 2.03. The Labute approximate surface area is 159 Å². The molecule has 0 aliphatic carbocycles. The molecule has 3 rings (SSSR count). The summed E-state index contributed by atoms with van der Waals surface area (Å²) in [5, 5.41) is 2.90. The first-order valence-electron chi connectivity index (χ1n) is 9.16. The van der Waals surface area contributed by atoms with Crippen LogP contribution in [0, 0.1) is 0 Å². The van der Waals surface area contributed by atoms with Gasteiger partial charge in [0.05, 0.1) is 5.69 Å². The molecule has 1 N–H and O–H groups in total. The van der Waals surface area contributed by atoms with Crippen molar-refractivity contribution in [2.24, 2.45) is 0 Å². The van der Waals surface area contributed by atoms with Gasteiger partial charge in [-0.05, 0) is 37.6 Å². The largest absolute Gasteiger partial charge is 0.479 e. The molecule has 6 heteroatoms. The molecular formula is C21H25N3O3. The quantitative estimate of drug-likeness (QED) is 0.764. The number of hydrogen-bond donors (Lipinski definition) is 1. The molecule has 142 valence electrons. The fourth-order valence-electron chi connectivity index (χ4n) is 3.08. The fraction of sp³-hybridized carbons (Fsp3) is 0.333. The molecule has 6 nitrogen and oxygen atoms in total. The van der Waals surface area contributed by atoms with Crippen LogP contribution < -0.4 is 19.9 Å². The molecule has 0 radical (unpaired) electrons. The number of nitrogens with zero attached hydrogens (tertiary/aromatic N) is 2. The van der Waals surface area contributed by atoms with E-state index in [0.717, 1.165) is 18.7 Å². The normalized spacial score (nSPS) is 15.7. The number of benzene rings is 2. The van der Waals surface area contributed by atoms with Gasteiger partial charge in [0.1, 0.15) is 12.3 Å². The highest BCUT2D eigenvalue weighted by Gasteiger charge is 2.32. The maximum absolute atomic E-state index is 12.4. The van der Waals surface area contributed by atoms with E-state index in [-0.39, 0.29) is 18.4 Å². The number of carbonyl (C=O) groups excluding carboxylic acids is 2. The van der Waals surface area contributed by atoms with E-state index >= 15 is 0 Å². The number of fused-ring (bicyclic) bond motifs is 1. The zero-order chi connectivity index (χ0) is 19.2. The maximum atomic E-state index is 12.4. The van der Waals surface area contributed by atoms with Gasteiger partial charge in [0, 0.05) is 25.8 Å². The van der Waals surface area contributed by atoms with Crippen LogP contribution in [-0.2, 0) is 9.59 Å². The van der Waals surface area contributed by atoms with Crippen molar-refractivity contribution in [1.82, 2.24) is 5.32 Å². The summed E-state index contributed by atoms with van der Waals surface area (Å²) in [6.45, 7) is 3.09. The molecule has 0 saturated carbocycles. The lowest BCUT2D eigenvalue weighted by atomic mass is 10.2. The number of hydrogen-bond acceptors (Lipinski definition) is 4. The van der Waals surface area contributed by atoms with E-state index in [1.165, 1.54) is 4.90 Å². The summed E-state index contributed by atoms with van der Waals surface area (Å²) in [4.78, 5) is 28.4. The fourth-order valence-corrected chi connectivity index (χ4v) is 3.08. The van der Waals surface area contributed by atoms with E-state index in [0.29, 0.717) is 18.0 Å². The van der Waals surface area contributed by atoms with E-state index in [9.17, 15) is 9.59 Å². The van der Waals surface area contributed by atoms with E-state index < -0.39 is 6.10 Å². The van der Waals surface area contributed by atoms with Crippen LogP contribution in [0.2, 0.25) is 0 Å². The number of para-hydroxylation sites is 3. The number of anilines is 2. The molecule has 2 amide bonds. The van der Waals surface area contributed by atoms with Crippen LogP contribution in [0.3, 0.4) is 0 Å². The second kappa shape index (κ2) is 8.58. The van der Waals surface area contributed by atoms with Crippen molar-refractivity contribution in [3.8, 4) is 5.75 Å². The smallest absolute Gasteiger partial charge is 0.268 e. The highest BCUT2D eigenvalue weighted by atomic mass is 16.5. The van der Waals surface area contributed by atoms with Gasteiger partial charge < -0.3 is 15.0 Å². The van der Waals surface area contributed by atoms with Gasteiger partial charge in [-0.2, -0.15) is 0 Å². The molecule has 0 saturated heterocycles. The first-order valence-corrected chi connectivity index (χ1v) is 9.16. The zero-order valence-electron chi connectivity index (χ0n) is 15.7. The summed E-state index contributed by atoms with van der Waals surface area (Å²) >= 11 is 0. The minimum absolute atomic E-state index is 0.00191. The van der Waals surface area contributed by atoms with Crippen LogP contribution in [0.15, 0.2) is 54.6 Å². The van der Waals surface area contributed by atoms with Gasteiger partial charge >= 0.3 is 0 Å². The average molecular weight is 367 g/mol. The molecular weight excluding hydrogens is 342 g/mol. The van der Waals surface area contributed by atoms with Crippen LogP contribution in [0.4, 0.5) is 11.4 Å². The molecule has 2 aromatic carbocycles. The molecule has 0 bridgehead atoms. The molecule has 1 heterocycles. The first kappa shape index (κ1) is 18.8. The molecule has 0 spiro atoms. The van der Waals surface area contributed by atoms with Crippen molar-refractivity contribution < 1.29 is 14.3 Å². The summed E-state index contributed by atoms with van der Waals surface area (Å²) < 4.78 is 5.59. The van der Waals surface area contributed by atoms with E-state index in [4.69, 9.17) is 4.74 Å². The van der Waals surface area contributed by atoms with Crippen molar-refractivity contribution in [1.29, 1.82) is 0 Å². The predicted octanol–water partition coefficient (Wildman–Crippen LogP) is 2.44. The SMILES string of the molecule is CC1Oc2ccccc2N(CC(=O)NCCCN(C)c2ccccc2)C1=O. The molecule has 27 heavy (non-hydrogen) atoms. The lowest BCUT2D eigenvalue weighted by molar-refractivity contribution is -0.128. The standard InChI is InChI=1S/C21H25N3O3/c1-16-21(26)24(18-11-6-7-12-19(18)27-16)15-20(25)22-13-8-14-23(2)17-9-4-3-5-10-17/h3-7,9-12,16H,8,13-15H2,1-2H3,(H,22,25). The van der Waals surface area contributed by atoms with Crippen molar-refractivity contribution in [3.63, 3.8) is 0 Å². The summed E-state index contributed by atoms with van der Waals surface area (Å²) in [5.41, 5.74) is 1.79. The molecule has 0 aromatic heterocycles. The molecule has 1 unspecified atom stereocenters. The van der Waals surface area contributed by atoms with Crippen LogP contribution in [0.25, 0.3) is 0 Å². The van der Waals surface area contributed by atoms with Gasteiger partial charge in [-0.25, -0.2) is 0 Å². The third kappa shape index (κ3) is 4.58. The van der Waals surface area contributed by atoms with Gasteiger partial charge in [0.2, 0.25) is 5.91 Å². The maximum Gasteiger partial charge on any atom is 0.268 e. The second-order valence-corrected chi connectivity index (χ2v) is 6.61. The van der Waals surface area contributed by atoms with Crippen LogP contribution in [-0.4, -0.2) is 44.6 Å². The zero-order valence-corrected chi connectivity index (χ0v) is 15.7. The minimum atomic E-state index is -0.591. The molecule has 1 atom stereocenters. The number of rotatable bonds is 7. The van der Waals surface area contributed by atoms with Gasteiger partial charge in [0.15, 0.2) is 6.10 Å². The Hall–Kier alpha value is -3.02. The number of ether oxygens (including phenoxy) is 1. The lowest BCUT2D eigenvalue weighted by Gasteiger charge is -2.32. The van der Waals surface area contributed by atoms with E-state index in [2.05, 4.69) is 22.3 Å². The average Bonchev–Trinajstić information content (AvgIpc) is 2.69.